The molecule has 0 aromatic heterocycles. The number of benzene rings is 1. The molecule has 0 heterocycles. The van der Waals surface area contributed by atoms with Crippen LogP contribution >= 0.6 is 11.8 Å². The molecule has 0 bridgehead atoms. The van der Waals surface area contributed by atoms with Gasteiger partial charge in [0.1, 0.15) is 0 Å². The number of rotatable bonds is 3. The molecule has 2 heteroatoms. The Morgan fingerprint density at radius 2 is 1.77 bits per heavy atom. The average Bonchev–Trinajstić information content (AvgIpc) is 2.04. The molecule has 0 aliphatic heterocycles. The van der Waals surface area contributed by atoms with Gasteiger partial charge in [-0.3, -0.25) is 0 Å². The third-order valence-electron chi connectivity index (χ3n) is 1.87. The molecule has 0 fully saturated rings. The van der Waals surface area contributed by atoms with Crippen molar-refractivity contribution in [1.82, 2.24) is 0 Å². The Labute approximate surface area is 84.2 Å². The minimum atomic E-state index is -0.727. The third-order valence-corrected chi connectivity index (χ3v) is 2.77. The van der Waals surface area contributed by atoms with Crippen molar-refractivity contribution in [3.63, 3.8) is 0 Å². The summed E-state index contributed by atoms with van der Waals surface area (Å²) in [6.45, 7) is 5.73. The second kappa shape index (κ2) is 4.16. The molecule has 0 atom stereocenters. The summed E-state index contributed by atoms with van der Waals surface area (Å²) in [5, 5.41) is 9.70. The van der Waals surface area contributed by atoms with Gasteiger partial charge in [-0.15, -0.1) is 11.8 Å². The number of thioether (sulfide) groups is 1. The molecule has 1 aromatic carbocycles. The Kier molecular flexibility index (Phi) is 3.40. The minimum absolute atomic E-state index is 0.727. The number of hydrogen-bond acceptors (Lipinski definition) is 2. The third kappa shape index (κ3) is 3.05. The first-order valence-electron chi connectivity index (χ1n) is 4.49. The summed E-state index contributed by atoms with van der Waals surface area (Å²) in [5.41, 5.74) is 0.239. The van der Waals surface area contributed by atoms with Crippen molar-refractivity contribution in [1.29, 1.82) is 0 Å². The molecule has 0 amide bonds. The molecule has 0 saturated carbocycles. The van der Waals surface area contributed by atoms with Crippen LogP contribution in [0.4, 0.5) is 0 Å². The molecule has 0 radical (unpaired) electrons. The highest BCUT2D eigenvalue weighted by molar-refractivity contribution is 7.99. The van der Waals surface area contributed by atoms with Crippen molar-refractivity contribution in [3.8, 4) is 0 Å². The number of aliphatic hydroxyl groups is 1. The quantitative estimate of drug-likeness (QED) is 0.750. The van der Waals surface area contributed by atoms with Gasteiger partial charge in [0.25, 0.3) is 0 Å². The van der Waals surface area contributed by atoms with Gasteiger partial charge in [-0.1, -0.05) is 19.1 Å². The van der Waals surface area contributed by atoms with E-state index in [-0.39, 0.29) is 0 Å². The average molecular weight is 196 g/mol. The van der Waals surface area contributed by atoms with Crippen molar-refractivity contribution < 1.29 is 5.11 Å². The van der Waals surface area contributed by atoms with Crippen LogP contribution in [-0.4, -0.2) is 10.9 Å². The van der Waals surface area contributed by atoms with E-state index in [1.165, 1.54) is 4.90 Å². The molecule has 0 spiro atoms. The molecular weight excluding hydrogens is 180 g/mol. The maximum absolute atomic E-state index is 9.70. The van der Waals surface area contributed by atoms with Crippen LogP contribution in [0.2, 0.25) is 0 Å². The Bertz CT molecular complexity index is 258. The molecule has 1 rings (SSSR count). The van der Waals surface area contributed by atoms with Crippen LogP contribution in [0.15, 0.2) is 29.2 Å². The molecule has 1 nitrogen and oxygen atoms in total. The summed E-state index contributed by atoms with van der Waals surface area (Å²) in [7, 11) is 0. The zero-order valence-electron chi connectivity index (χ0n) is 8.37. The zero-order chi connectivity index (χ0) is 9.90. The zero-order valence-corrected chi connectivity index (χ0v) is 9.19. The van der Waals surface area contributed by atoms with E-state index in [1.807, 2.05) is 23.9 Å². The molecule has 1 N–H and O–H groups in total. The Balaban J connectivity index is 2.81. The van der Waals surface area contributed by atoms with Crippen molar-refractivity contribution in [3.05, 3.63) is 29.8 Å². The fourth-order valence-corrected chi connectivity index (χ4v) is 1.79. The summed E-state index contributed by atoms with van der Waals surface area (Å²) in [6, 6.07) is 8.08. The molecule has 0 saturated heterocycles. The standard InChI is InChI=1S/C11H16OS/c1-4-13-10-7-5-9(6-8-10)11(2,3)12/h5-8,12H,4H2,1-3H3. The van der Waals surface area contributed by atoms with E-state index in [0.29, 0.717) is 0 Å². The molecule has 0 aliphatic carbocycles. The lowest BCUT2D eigenvalue weighted by Gasteiger charge is -2.17. The topological polar surface area (TPSA) is 20.2 Å². The van der Waals surface area contributed by atoms with E-state index in [2.05, 4.69) is 19.1 Å². The summed E-state index contributed by atoms with van der Waals surface area (Å²) in [6.07, 6.45) is 0. The van der Waals surface area contributed by atoms with E-state index >= 15 is 0 Å². The van der Waals surface area contributed by atoms with Crippen LogP contribution in [-0.2, 0) is 5.60 Å². The molecule has 0 aliphatic rings. The first-order chi connectivity index (χ1) is 6.04. The molecule has 1 aromatic rings. The van der Waals surface area contributed by atoms with E-state index < -0.39 is 5.60 Å². The molecule has 72 valence electrons. The largest absolute Gasteiger partial charge is 0.386 e. The van der Waals surface area contributed by atoms with Crippen LogP contribution < -0.4 is 0 Å². The highest BCUT2D eigenvalue weighted by atomic mass is 32.2. The lowest BCUT2D eigenvalue weighted by atomic mass is 9.99. The van der Waals surface area contributed by atoms with Crippen LogP contribution in [0.3, 0.4) is 0 Å². The van der Waals surface area contributed by atoms with E-state index in [4.69, 9.17) is 0 Å². The van der Waals surface area contributed by atoms with E-state index in [9.17, 15) is 5.11 Å². The summed E-state index contributed by atoms with van der Waals surface area (Å²) in [4.78, 5) is 1.26. The van der Waals surface area contributed by atoms with E-state index in [1.54, 1.807) is 13.8 Å². The minimum Gasteiger partial charge on any atom is -0.386 e. The second-order valence-corrected chi connectivity index (χ2v) is 4.85. The Morgan fingerprint density at radius 3 is 2.15 bits per heavy atom. The SMILES string of the molecule is CCSc1ccc(C(C)(C)O)cc1. The van der Waals surface area contributed by atoms with Crippen LogP contribution in [0, 0.1) is 0 Å². The van der Waals surface area contributed by atoms with Gasteiger partial charge in [0.15, 0.2) is 0 Å². The first kappa shape index (κ1) is 10.6. The maximum Gasteiger partial charge on any atom is 0.0840 e. The fourth-order valence-electron chi connectivity index (χ4n) is 1.13. The predicted octanol–water partition coefficient (Wildman–Crippen LogP) is 3.03. The smallest absolute Gasteiger partial charge is 0.0840 e. The molecular formula is C11H16OS. The summed E-state index contributed by atoms with van der Waals surface area (Å²) in [5.74, 6) is 1.09. The van der Waals surface area contributed by atoms with Gasteiger partial charge in [-0.25, -0.2) is 0 Å². The van der Waals surface area contributed by atoms with Crippen molar-refractivity contribution in [2.75, 3.05) is 5.75 Å². The number of hydrogen-bond donors (Lipinski definition) is 1. The van der Waals surface area contributed by atoms with Crippen LogP contribution in [0.5, 0.6) is 0 Å². The second-order valence-electron chi connectivity index (χ2n) is 3.52. The molecule has 13 heavy (non-hydrogen) atoms. The van der Waals surface area contributed by atoms with Gasteiger partial charge in [-0.2, -0.15) is 0 Å². The lowest BCUT2D eigenvalue weighted by Crippen LogP contribution is -2.14. The first-order valence-corrected chi connectivity index (χ1v) is 5.48. The lowest BCUT2D eigenvalue weighted by molar-refractivity contribution is 0.0785. The fraction of sp³-hybridized carbons (Fsp3) is 0.455. The highest BCUT2D eigenvalue weighted by Crippen LogP contribution is 2.23. The van der Waals surface area contributed by atoms with Crippen molar-refractivity contribution >= 4 is 11.8 Å². The Morgan fingerprint density at radius 1 is 1.23 bits per heavy atom. The van der Waals surface area contributed by atoms with Crippen LogP contribution in [0.25, 0.3) is 0 Å². The van der Waals surface area contributed by atoms with Gasteiger partial charge < -0.3 is 5.11 Å². The van der Waals surface area contributed by atoms with Crippen molar-refractivity contribution in [2.24, 2.45) is 0 Å². The summed E-state index contributed by atoms with van der Waals surface area (Å²) >= 11 is 1.81. The van der Waals surface area contributed by atoms with E-state index in [0.717, 1.165) is 11.3 Å². The van der Waals surface area contributed by atoms with Gasteiger partial charge in [0.2, 0.25) is 0 Å². The van der Waals surface area contributed by atoms with Gasteiger partial charge in [0, 0.05) is 4.90 Å². The van der Waals surface area contributed by atoms with Gasteiger partial charge >= 0.3 is 0 Å². The monoisotopic (exact) mass is 196 g/mol. The predicted molar refractivity (Wildman–Crippen MR) is 58.1 cm³/mol. The summed E-state index contributed by atoms with van der Waals surface area (Å²) < 4.78 is 0. The highest BCUT2D eigenvalue weighted by Gasteiger charge is 2.14. The normalized spacial score (nSPS) is 11.7. The van der Waals surface area contributed by atoms with Gasteiger partial charge in [-0.05, 0) is 37.3 Å². The van der Waals surface area contributed by atoms with Gasteiger partial charge in [0.05, 0.1) is 5.60 Å². The molecule has 0 unspecified atom stereocenters. The Hall–Kier alpha value is -0.470. The van der Waals surface area contributed by atoms with Crippen molar-refractivity contribution in [2.45, 2.75) is 31.3 Å². The maximum atomic E-state index is 9.70. The van der Waals surface area contributed by atoms with Crippen LogP contribution in [0.1, 0.15) is 26.3 Å².